The van der Waals surface area contributed by atoms with Crippen LogP contribution in [0.1, 0.15) is 52.4 Å². The van der Waals surface area contributed by atoms with E-state index in [4.69, 9.17) is 13.6 Å². The summed E-state index contributed by atoms with van der Waals surface area (Å²) >= 11 is 0. The van der Waals surface area contributed by atoms with Crippen molar-refractivity contribution in [3.05, 3.63) is 106 Å². The molecule has 2 aromatic heterocycles. The largest absolute Gasteiger partial charge is 0.438 e. The summed E-state index contributed by atoms with van der Waals surface area (Å²) in [6, 6.07) is 18.4. The zero-order valence-corrected chi connectivity index (χ0v) is 22.7. The molecular weight excluding hydrogens is 500 g/mol. The smallest absolute Gasteiger partial charge is 0.296 e. The van der Waals surface area contributed by atoms with Crippen molar-refractivity contribution in [2.45, 2.75) is 51.5 Å². The van der Waals surface area contributed by atoms with E-state index in [0.717, 1.165) is 34.2 Å². The number of aromatic nitrogens is 4. The maximum atomic E-state index is 12.5. The van der Waals surface area contributed by atoms with E-state index in [-0.39, 0.29) is 17.9 Å². The Morgan fingerprint density at radius 2 is 1.76 bits per heavy atom. The van der Waals surface area contributed by atoms with Crippen molar-refractivity contribution in [1.82, 2.24) is 20.0 Å². The monoisotopic (exact) mass is 530 g/mol. The lowest BCUT2D eigenvalue weighted by atomic mass is 10.0. The van der Waals surface area contributed by atoms with Crippen LogP contribution in [-0.2, 0) is 27.1 Å². The number of benzene rings is 3. The van der Waals surface area contributed by atoms with E-state index in [1.807, 2.05) is 25.1 Å². The minimum Gasteiger partial charge on any atom is -0.438 e. The average molecular weight is 531 g/mol. The molecule has 38 heavy (non-hydrogen) atoms. The predicted octanol–water partition coefficient (Wildman–Crippen LogP) is 5.49. The van der Waals surface area contributed by atoms with Gasteiger partial charge in [0.1, 0.15) is 5.52 Å². The first-order valence-corrected chi connectivity index (χ1v) is 14.0. The number of oxazole rings is 1. The Bertz CT molecular complexity index is 1690. The summed E-state index contributed by atoms with van der Waals surface area (Å²) in [6.07, 6.45) is 2.97. The minimum absolute atomic E-state index is 0.0497. The van der Waals surface area contributed by atoms with Crippen LogP contribution in [0.4, 0.5) is 0 Å². The van der Waals surface area contributed by atoms with Gasteiger partial charge in [-0.05, 0) is 73.7 Å². The normalized spacial score (nSPS) is 12.7. The lowest BCUT2D eigenvalue weighted by Gasteiger charge is -2.15. The Hall–Kier alpha value is -3.82. The van der Waals surface area contributed by atoms with E-state index in [1.165, 1.54) is 11.1 Å². The summed E-state index contributed by atoms with van der Waals surface area (Å²) in [7, 11) is -3.85. The molecule has 8 nitrogen and oxygen atoms in total. The summed E-state index contributed by atoms with van der Waals surface area (Å²) < 4.78 is 38.2. The van der Waals surface area contributed by atoms with Crippen molar-refractivity contribution in [1.29, 1.82) is 0 Å². The highest BCUT2D eigenvalue weighted by Crippen LogP contribution is 2.30. The molecule has 0 fully saturated rings. The SMILES string of the molecule is CCc1ccc2nc(C(c3ccc(C)c(C)c3)n3cc(CCOS(=O)(=O)c4ccc(C)cc4)nn3)oc2c1. The predicted molar refractivity (Wildman–Crippen MR) is 145 cm³/mol. The first-order valence-electron chi connectivity index (χ1n) is 12.6. The third-order valence-corrected chi connectivity index (χ3v) is 8.01. The topological polar surface area (TPSA) is 100 Å². The number of hydrogen-bond acceptors (Lipinski definition) is 7. The molecular formula is C29H30N4O4S. The van der Waals surface area contributed by atoms with E-state index in [1.54, 1.807) is 35.1 Å². The van der Waals surface area contributed by atoms with Crippen LogP contribution < -0.4 is 0 Å². The van der Waals surface area contributed by atoms with Gasteiger partial charge in [0, 0.05) is 12.6 Å². The second-order valence-corrected chi connectivity index (χ2v) is 11.1. The molecule has 0 aliphatic heterocycles. The van der Waals surface area contributed by atoms with E-state index < -0.39 is 16.2 Å². The molecule has 9 heteroatoms. The Balaban J connectivity index is 1.41. The van der Waals surface area contributed by atoms with Gasteiger partial charge in [0.25, 0.3) is 10.1 Å². The van der Waals surface area contributed by atoms with E-state index in [2.05, 4.69) is 49.3 Å². The third-order valence-electron chi connectivity index (χ3n) is 6.69. The van der Waals surface area contributed by atoms with Gasteiger partial charge in [0.15, 0.2) is 11.6 Å². The van der Waals surface area contributed by atoms with Crippen LogP contribution in [0.15, 0.2) is 76.2 Å². The molecule has 0 saturated carbocycles. The molecule has 0 bridgehead atoms. The number of hydrogen-bond donors (Lipinski definition) is 0. The molecule has 0 aliphatic rings. The van der Waals surface area contributed by atoms with Gasteiger partial charge >= 0.3 is 0 Å². The fourth-order valence-electron chi connectivity index (χ4n) is 4.25. The number of aryl methyl sites for hydroxylation is 4. The summed E-state index contributed by atoms with van der Waals surface area (Å²) in [5.74, 6) is 0.506. The molecule has 3 aromatic carbocycles. The summed E-state index contributed by atoms with van der Waals surface area (Å²) in [4.78, 5) is 4.91. The van der Waals surface area contributed by atoms with Gasteiger partial charge in [0.2, 0.25) is 5.89 Å². The van der Waals surface area contributed by atoms with Gasteiger partial charge in [-0.2, -0.15) is 8.42 Å². The molecule has 0 amide bonds. The molecule has 0 N–H and O–H groups in total. The van der Waals surface area contributed by atoms with Crippen molar-refractivity contribution in [3.8, 4) is 0 Å². The Morgan fingerprint density at radius 3 is 2.50 bits per heavy atom. The van der Waals surface area contributed by atoms with Gasteiger partial charge in [-0.15, -0.1) is 5.10 Å². The molecule has 196 valence electrons. The van der Waals surface area contributed by atoms with Crippen LogP contribution in [0.25, 0.3) is 11.1 Å². The maximum Gasteiger partial charge on any atom is 0.296 e. The molecule has 5 aromatic rings. The molecule has 0 aliphatic carbocycles. The molecule has 2 heterocycles. The molecule has 1 atom stereocenters. The van der Waals surface area contributed by atoms with Crippen LogP contribution in [0.3, 0.4) is 0 Å². The van der Waals surface area contributed by atoms with Gasteiger partial charge in [-0.25, -0.2) is 9.67 Å². The minimum atomic E-state index is -3.85. The van der Waals surface area contributed by atoms with Crippen molar-refractivity contribution in [2.75, 3.05) is 6.61 Å². The number of nitrogens with zero attached hydrogens (tertiary/aromatic N) is 4. The fraction of sp³-hybridized carbons (Fsp3) is 0.276. The van der Waals surface area contributed by atoms with Gasteiger partial charge in [0.05, 0.1) is 17.2 Å². The Kier molecular flexibility index (Phi) is 7.14. The van der Waals surface area contributed by atoms with E-state index in [9.17, 15) is 8.42 Å². The standard InChI is InChI=1S/C29H30N4O4S/c1-5-22-9-13-26-27(17-22)37-29(30-26)28(23-10-8-20(3)21(4)16-23)33-18-24(31-32-33)14-15-36-38(34,35)25-11-6-19(2)7-12-25/h6-13,16-18,28H,5,14-15H2,1-4H3. The van der Waals surface area contributed by atoms with Gasteiger partial charge in [-0.1, -0.05) is 54.1 Å². The Morgan fingerprint density at radius 1 is 0.974 bits per heavy atom. The van der Waals surface area contributed by atoms with Crippen molar-refractivity contribution < 1.29 is 17.0 Å². The molecule has 0 radical (unpaired) electrons. The van der Waals surface area contributed by atoms with Crippen LogP contribution in [0.2, 0.25) is 0 Å². The average Bonchev–Trinajstić information content (AvgIpc) is 3.53. The van der Waals surface area contributed by atoms with E-state index in [0.29, 0.717) is 11.6 Å². The van der Waals surface area contributed by atoms with Crippen molar-refractivity contribution in [2.24, 2.45) is 0 Å². The molecule has 0 saturated heterocycles. The molecule has 5 rings (SSSR count). The van der Waals surface area contributed by atoms with Crippen molar-refractivity contribution in [3.63, 3.8) is 0 Å². The zero-order valence-electron chi connectivity index (χ0n) is 21.9. The quantitative estimate of drug-likeness (QED) is 0.232. The first kappa shape index (κ1) is 25.8. The summed E-state index contributed by atoms with van der Waals surface area (Å²) in [5, 5.41) is 8.65. The summed E-state index contributed by atoms with van der Waals surface area (Å²) in [5.41, 5.74) is 7.54. The zero-order chi connectivity index (χ0) is 26.9. The first-order chi connectivity index (χ1) is 18.2. The highest BCUT2D eigenvalue weighted by atomic mass is 32.2. The lowest BCUT2D eigenvalue weighted by molar-refractivity contribution is 0.321. The highest BCUT2D eigenvalue weighted by molar-refractivity contribution is 7.86. The highest BCUT2D eigenvalue weighted by Gasteiger charge is 2.25. The third kappa shape index (κ3) is 5.39. The van der Waals surface area contributed by atoms with Gasteiger partial charge in [-0.3, -0.25) is 4.18 Å². The van der Waals surface area contributed by atoms with Crippen LogP contribution in [-0.4, -0.2) is 35.0 Å². The molecule has 0 spiro atoms. The van der Waals surface area contributed by atoms with Crippen molar-refractivity contribution >= 4 is 21.2 Å². The van der Waals surface area contributed by atoms with Crippen LogP contribution in [0.5, 0.6) is 0 Å². The molecule has 1 unspecified atom stereocenters. The second kappa shape index (κ2) is 10.5. The maximum absolute atomic E-state index is 12.5. The lowest BCUT2D eigenvalue weighted by Crippen LogP contribution is -2.14. The fourth-order valence-corrected chi connectivity index (χ4v) is 5.16. The number of rotatable bonds is 9. The van der Waals surface area contributed by atoms with Crippen LogP contribution in [0, 0.1) is 20.8 Å². The van der Waals surface area contributed by atoms with E-state index >= 15 is 0 Å². The van der Waals surface area contributed by atoms with Crippen LogP contribution >= 0.6 is 0 Å². The second-order valence-electron chi connectivity index (χ2n) is 9.48. The Labute approximate surface area is 222 Å². The van der Waals surface area contributed by atoms with Gasteiger partial charge < -0.3 is 4.42 Å². The summed E-state index contributed by atoms with van der Waals surface area (Å²) in [6.45, 7) is 8.08. The number of fused-ring (bicyclic) bond motifs is 1.